The summed E-state index contributed by atoms with van der Waals surface area (Å²) < 4.78 is 2.25. The molecule has 0 bridgehead atoms. The molecule has 1 aliphatic rings. The summed E-state index contributed by atoms with van der Waals surface area (Å²) in [5.41, 5.74) is 6.12. The first-order valence-corrected chi connectivity index (χ1v) is 11.4. The lowest BCUT2D eigenvalue weighted by Gasteiger charge is -2.21. The summed E-state index contributed by atoms with van der Waals surface area (Å²) in [6.45, 7) is 7.40. The van der Waals surface area contributed by atoms with E-state index in [1.54, 1.807) is 0 Å². The molecule has 4 rings (SSSR count). The Morgan fingerprint density at radius 3 is 2.29 bits per heavy atom. The third-order valence-corrected chi connectivity index (χ3v) is 6.78. The van der Waals surface area contributed by atoms with Crippen LogP contribution in [0.2, 0.25) is 0 Å². The zero-order valence-electron chi connectivity index (χ0n) is 18.3. The first-order chi connectivity index (χ1) is 14.6. The van der Waals surface area contributed by atoms with Crippen LogP contribution >= 0.6 is 11.8 Å². The lowest BCUT2D eigenvalue weighted by molar-refractivity contribution is -0.735. The second-order valence-corrected chi connectivity index (χ2v) is 8.87. The van der Waals surface area contributed by atoms with Gasteiger partial charge in [-0.15, -0.1) is 0 Å². The van der Waals surface area contributed by atoms with Crippen molar-refractivity contribution in [1.29, 1.82) is 0 Å². The van der Waals surface area contributed by atoms with E-state index >= 15 is 0 Å². The van der Waals surface area contributed by atoms with Crippen LogP contribution in [0.3, 0.4) is 0 Å². The quantitative estimate of drug-likeness (QED) is 0.531. The molecule has 0 aliphatic carbocycles. The summed E-state index contributed by atoms with van der Waals surface area (Å²) in [5, 5.41) is 11.0. The summed E-state index contributed by atoms with van der Waals surface area (Å²) in [4.78, 5) is 3.70. The van der Waals surface area contributed by atoms with Crippen LogP contribution in [0, 0.1) is 13.8 Å². The minimum atomic E-state index is 0. The molecule has 0 saturated heterocycles. The molecule has 2 heterocycles. The minimum absolute atomic E-state index is 0. The molecule has 0 amide bonds. The molecule has 162 valence electrons. The molecule has 31 heavy (non-hydrogen) atoms. The van der Waals surface area contributed by atoms with Gasteiger partial charge in [-0.1, -0.05) is 61.2 Å². The van der Waals surface area contributed by atoms with Crippen molar-refractivity contribution in [2.45, 2.75) is 44.7 Å². The number of hydrogen-bond acceptors (Lipinski definition) is 3. The number of aliphatic hydroxyl groups excluding tert-OH is 1. The normalized spacial score (nSPS) is 15.0. The van der Waals surface area contributed by atoms with Gasteiger partial charge in [0.2, 0.25) is 0 Å². The fourth-order valence-corrected chi connectivity index (χ4v) is 5.35. The molecule has 0 radical (unpaired) electrons. The summed E-state index contributed by atoms with van der Waals surface area (Å²) in [5.74, 6) is 0. The van der Waals surface area contributed by atoms with Gasteiger partial charge in [0.15, 0.2) is 17.4 Å². The van der Waals surface area contributed by atoms with Gasteiger partial charge in [0.25, 0.3) is 0 Å². The van der Waals surface area contributed by atoms with E-state index in [1.165, 1.54) is 38.1 Å². The van der Waals surface area contributed by atoms with Crippen LogP contribution in [0.15, 0.2) is 76.7 Å². The minimum Gasteiger partial charge on any atom is -1.00 e. The molecule has 0 fully saturated rings. The number of hydrogen-bond donors (Lipinski definition) is 1. The molecule has 3 nitrogen and oxygen atoms in total. The number of nitrogens with zero attached hydrogens (tertiary/aromatic N) is 2. The topological polar surface area (TPSA) is 27.4 Å². The van der Waals surface area contributed by atoms with Crippen molar-refractivity contribution in [3.63, 3.8) is 0 Å². The van der Waals surface area contributed by atoms with Gasteiger partial charge in [0, 0.05) is 43.8 Å². The van der Waals surface area contributed by atoms with E-state index in [0.717, 1.165) is 13.0 Å². The van der Waals surface area contributed by atoms with E-state index in [9.17, 15) is 5.11 Å². The standard InChI is InChI=1S/C26H29N2OS.BrH/c1-4-23(18-29)28-19(2)14-22(15-20(28)3)16-26-27(17-21-10-6-5-7-11-21)24-12-8-9-13-25(24)30-26;/h5-16,23,29H,4,17-18H2,1-3H3;1H/q+1;/p-1. The Kier molecular flexibility index (Phi) is 7.98. The maximum Gasteiger partial charge on any atom is 0.181 e. The third kappa shape index (κ3) is 5.05. The number of pyridine rings is 1. The van der Waals surface area contributed by atoms with Crippen LogP contribution in [-0.4, -0.2) is 11.7 Å². The predicted octanol–water partition coefficient (Wildman–Crippen LogP) is 2.65. The van der Waals surface area contributed by atoms with Crippen LogP contribution in [0.4, 0.5) is 5.69 Å². The van der Waals surface area contributed by atoms with Crippen molar-refractivity contribution in [1.82, 2.24) is 0 Å². The van der Waals surface area contributed by atoms with Gasteiger partial charge in [-0.25, -0.2) is 0 Å². The Balaban J connectivity index is 0.00000272. The average Bonchev–Trinajstić information content (AvgIpc) is 3.08. The van der Waals surface area contributed by atoms with Gasteiger partial charge in [-0.2, -0.15) is 4.57 Å². The molecule has 3 aromatic rings. The number of para-hydroxylation sites is 1. The molecule has 5 heteroatoms. The predicted molar refractivity (Wildman–Crippen MR) is 125 cm³/mol. The van der Waals surface area contributed by atoms with E-state index in [4.69, 9.17) is 0 Å². The number of aromatic nitrogens is 1. The van der Waals surface area contributed by atoms with Crippen LogP contribution in [-0.2, 0) is 6.54 Å². The SMILES string of the molecule is CCC(CO)[n+]1c(C)cc(/C=C2/Sc3ccccc3N2Cc2ccccc2)cc1C.[Br-]. The lowest BCUT2D eigenvalue weighted by Crippen LogP contribution is -3.00. The van der Waals surface area contributed by atoms with E-state index in [2.05, 4.69) is 103 Å². The number of rotatable bonds is 6. The zero-order chi connectivity index (χ0) is 21.1. The van der Waals surface area contributed by atoms with E-state index < -0.39 is 0 Å². The first-order valence-electron chi connectivity index (χ1n) is 10.5. The highest BCUT2D eigenvalue weighted by Gasteiger charge is 2.26. The van der Waals surface area contributed by atoms with Crippen LogP contribution < -0.4 is 26.4 Å². The Morgan fingerprint density at radius 2 is 1.65 bits per heavy atom. The van der Waals surface area contributed by atoms with Gasteiger partial charge in [-0.3, -0.25) is 0 Å². The fourth-order valence-electron chi connectivity index (χ4n) is 4.23. The first kappa shape index (κ1) is 23.6. The molecular weight excluding hydrogens is 468 g/mol. The van der Waals surface area contributed by atoms with Crippen molar-refractivity contribution < 1.29 is 26.7 Å². The number of thioether (sulfide) groups is 1. The number of aryl methyl sites for hydroxylation is 2. The number of benzene rings is 2. The van der Waals surface area contributed by atoms with Gasteiger partial charge >= 0.3 is 0 Å². The van der Waals surface area contributed by atoms with Gasteiger partial charge < -0.3 is 27.0 Å². The largest absolute Gasteiger partial charge is 1.00 e. The maximum absolute atomic E-state index is 9.76. The van der Waals surface area contributed by atoms with Crippen molar-refractivity contribution >= 4 is 23.5 Å². The summed E-state index contributed by atoms with van der Waals surface area (Å²) in [7, 11) is 0. The Morgan fingerprint density at radius 1 is 1.00 bits per heavy atom. The highest BCUT2D eigenvalue weighted by Crippen LogP contribution is 2.47. The second-order valence-electron chi connectivity index (χ2n) is 7.81. The van der Waals surface area contributed by atoms with Crippen LogP contribution in [0.1, 0.15) is 41.9 Å². The molecule has 0 spiro atoms. The summed E-state index contributed by atoms with van der Waals surface area (Å²) in [6.07, 6.45) is 3.21. The molecule has 0 saturated carbocycles. The van der Waals surface area contributed by atoms with Crippen LogP contribution in [0.25, 0.3) is 6.08 Å². The molecular formula is C26H29BrN2OS. The van der Waals surface area contributed by atoms with Crippen LogP contribution in [0.5, 0.6) is 0 Å². The Bertz CT molecular complexity index is 1040. The third-order valence-electron chi connectivity index (χ3n) is 5.67. The van der Waals surface area contributed by atoms with E-state index in [-0.39, 0.29) is 29.6 Å². The molecule has 1 aromatic heterocycles. The monoisotopic (exact) mass is 496 g/mol. The smallest absolute Gasteiger partial charge is 0.181 e. The van der Waals surface area contributed by atoms with E-state index in [0.29, 0.717) is 0 Å². The molecule has 1 unspecified atom stereocenters. The number of fused-ring (bicyclic) bond motifs is 1. The summed E-state index contributed by atoms with van der Waals surface area (Å²) in [6, 6.07) is 23.8. The summed E-state index contributed by atoms with van der Waals surface area (Å²) >= 11 is 1.83. The molecule has 1 N–H and O–H groups in total. The average molecular weight is 498 g/mol. The lowest BCUT2D eigenvalue weighted by atomic mass is 10.1. The van der Waals surface area contributed by atoms with E-state index in [1.807, 2.05) is 11.8 Å². The number of anilines is 1. The second kappa shape index (κ2) is 10.5. The fraction of sp³-hybridized carbons (Fsp3) is 0.269. The molecule has 2 aromatic carbocycles. The molecule has 1 aliphatic heterocycles. The van der Waals surface area contributed by atoms with Gasteiger partial charge in [0.1, 0.15) is 6.61 Å². The van der Waals surface area contributed by atoms with Gasteiger partial charge in [-0.05, 0) is 29.3 Å². The zero-order valence-corrected chi connectivity index (χ0v) is 20.7. The van der Waals surface area contributed by atoms with Crippen molar-refractivity contribution in [3.8, 4) is 0 Å². The van der Waals surface area contributed by atoms with Crippen molar-refractivity contribution in [2.75, 3.05) is 11.5 Å². The Hall–Kier alpha value is -2.08. The van der Waals surface area contributed by atoms with Crippen molar-refractivity contribution in [2.24, 2.45) is 0 Å². The highest BCUT2D eigenvalue weighted by molar-refractivity contribution is 8.03. The Labute approximate surface area is 200 Å². The number of halogens is 1. The maximum atomic E-state index is 9.76. The van der Waals surface area contributed by atoms with Gasteiger partial charge in [0.05, 0.1) is 10.7 Å². The highest BCUT2D eigenvalue weighted by atomic mass is 79.9. The van der Waals surface area contributed by atoms with Crippen molar-refractivity contribution in [3.05, 3.63) is 94.3 Å². The number of aliphatic hydroxyl groups is 1. The molecule has 1 atom stereocenters.